The standard InChI is InChI=1S/C20H34N4O2/c1-20(2,26-5)15-23-19(21-3)22-14-17(24-12-8-9-13-24)16-10-6-7-11-18(16)25-4/h6-7,10-11,17H,8-9,12-15H2,1-5H3,(H2,21,22,23). The Kier molecular flexibility index (Phi) is 7.72. The summed E-state index contributed by atoms with van der Waals surface area (Å²) in [6.45, 7) is 7.80. The molecule has 1 aliphatic heterocycles. The lowest BCUT2D eigenvalue weighted by Crippen LogP contribution is -2.47. The van der Waals surface area contributed by atoms with Crippen molar-refractivity contribution < 1.29 is 9.47 Å². The molecule has 1 fully saturated rings. The smallest absolute Gasteiger partial charge is 0.191 e. The molecule has 6 heteroatoms. The van der Waals surface area contributed by atoms with Gasteiger partial charge in [-0.25, -0.2) is 0 Å². The van der Waals surface area contributed by atoms with E-state index in [0.717, 1.165) is 31.3 Å². The molecule has 1 aliphatic rings. The van der Waals surface area contributed by atoms with E-state index in [4.69, 9.17) is 9.47 Å². The van der Waals surface area contributed by atoms with E-state index in [1.54, 1.807) is 21.3 Å². The van der Waals surface area contributed by atoms with E-state index in [1.165, 1.54) is 18.4 Å². The van der Waals surface area contributed by atoms with Gasteiger partial charge >= 0.3 is 0 Å². The van der Waals surface area contributed by atoms with E-state index in [1.807, 2.05) is 12.1 Å². The summed E-state index contributed by atoms with van der Waals surface area (Å²) < 4.78 is 11.1. The first-order chi connectivity index (χ1) is 12.5. The fourth-order valence-electron chi connectivity index (χ4n) is 3.21. The van der Waals surface area contributed by atoms with Crippen LogP contribution in [0.4, 0.5) is 0 Å². The summed E-state index contributed by atoms with van der Waals surface area (Å²) in [5, 5.41) is 6.83. The van der Waals surface area contributed by atoms with E-state index in [-0.39, 0.29) is 11.6 Å². The average molecular weight is 363 g/mol. The second-order valence-electron chi connectivity index (χ2n) is 7.27. The molecule has 2 rings (SSSR count). The lowest BCUT2D eigenvalue weighted by Gasteiger charge is -2.30. The summed E-state index contributed by atoms with van der Waals surface area (Å²) in [5.74, 6) is 1.73. The van der Waals surface area contributed by atoms with Crippen molar-refractivity contribution in [2.45, 2.75) is 38.3 Å². The maximum atomic E-state index is 5.61. The molecular formula is C20H34N4O2. The molecule has 0 aromatic heterocycles. The van der Waals surface area contributed by atoms with Crippen molar-refractivity contribution in [1.29, 1.82) is 0 Å². The molecule has 146 valence electrons. The quantitative estimate of drug-likeness (QED) is 0.549. The van der Waals surface area contributed by atoms with Crippen LogP contribution in [0.25, 0.3) is 0 Å². The fourth-order valence-corrected chi connectivity index (χ4v) is 3.21. The Morgan fingerprint density at radius 3 is 2.50 bits per heavy atom. The third-order valence-electron chi connectivity index (χ3n) is 5.00. The topological polar surface area (TPSA) is 58.1 Å². The fraction of sp³-hybridized carbons (Fsp3) is 0.650. The third-order valence-corrected chi connectivity index (χ3v) is 5.00. The highest BCUT2D eigenvalue weighted by Crippen LogP contribution is 2.31. The van der Waals surface area contributed by atoms with Crippen molar-refractivity contribution in [1.82, 2.24) is 15.5 Å². The van der Waals surface area contributed by atoms with Gasteiger partial charge in [0.25, 0.3) is 0 Å². The predicted molar refractivity (Wildman–Crippen MR) is 107 cm³/mol. The lowest BCUT2D eigenvalue weighted by molar-refractivity contribution is 0.0268. The number of ether oxygens (including phenoxy) is 2. The van der Waals surface area contributed by atoms with E-state index in [0.29, 0.717) is 6.54 Å². The summed E-state index contributed by atoms with van der Waals surface area (Å²) in [7, 11) is 5.26. The summed E-state index contributed by atoms with van der Waals surface area (Å²) in [4.78, 5) is 6.87. The SMILES string of the molecule is CN=C(NCC(c1ccccc1OC)N1CCCC1)NCC(C)(C)OC. The Labute approximate surface area is 158 Å². The molecule has 6 nitrogen and oxygen atoms in total. The Balaban J connectivity index is 2.07. The maximum absolute atomic E-state index is 5.61. The van der Waals surface area contributed by atoms with E-state index < -0.39 is 0 Å². The van der Waals surface area contributed by atoms with E-state index in [9.17, 15) is 0 Å². The van der Waals surface area contributed by atoms with Gasteiger partial charge in [0, 0.05) is 32.8 Å². The number of likely N-dealkylation sites (tertiary alicyclic amines) is 1. The second kappa shape index (κ2) is 9.78. The Bertz CT molecular complexity index is 583. The van der Waals surface area contributed by atoms with Crippen LogP contribution in [-0.2, 0) is 4.74 Å². The predicted octanol–water partition coefficient (Wildman–Crippen LogP) is 2.42. The monoisotopic (exact) mass is 362 g/mol. The summed E-state index contributed by atoms with van der Waals surface area (Å²) in [5.41, 5.74) is 0.978. The molecular weight excluding hydrogens is 328 g/mol. The molecule has 26 heavy (non-hydrogen) atoms. The first-order valence-corrected chi connectivity index (χ1v) is 9.37. The molecule has 1 aromatic carbocycles. The molecule has 1 heterocycles. The van der Waals surface area contributed by atoms with E-state index >= 15 is 0 Å². The normalized spacial score (nSPS) is 17.2. The van der Waals surface area contributed by atoms with Crippen LogP contribution in [0.1, 0.15) is 38.3 Å². The van der Waals surface area contributed by atoms with Crippen molar-refractivity contribution in [3.8, 4) is 5.75 Å². The van der Waals surface area contributed by atoms with Crippen LogP contribution in [0, 0.1) is 0 Å². The van der Waals surface area contributed by atoms with Gasteiger partial charge in [0.2, 0.25) is 0 Å². The number of hydrogen-bond donors (Lipinski definition) is 2. The molecule has 1 atom stereocenters. The number of methoxy groups -OCH3 is 2. The van der Waals surface area contributed by atoms with Crippen molar-refractivity contribution in [3.05, 3.63) is 29.8 Å². The first kappa shape index (κ1) is 20.5. The molecule has 0 spiro atoms. The highest BCUT2D eigenvalue weighted by molar-refractivity contribution is 5.79. The van der Waals surface area contributed by atoms with Gasteiger partial charge in [-0.15, -0.1) is 0 Å². The van der Waals surface area contributed by atoms with Crippen molar-refractivity contribution in [2.24, 2.45) is 4.99 Å². The number of hydrogen-bond acceptors (Lipinski definition) is 4. The van der Waals surface area contributed by atoms with Crippen molar-refractivity contribution in [3.63, 3.8) is 0 Å². The second-order valence-corrected chi connectivity index (χ2v) is 7.27. The number of para-hydroxylation sites is 1. The Morgan fingerprint density at radius 2 is 1.88 bits per heavy atom. The number of nitrogens with zero attached hydrogens (tertiary/aromatic N) is 2. The zero-order chi connectivity index (χ0) is 19.0. The molecule has 1 saturated heterocycles. The minimum Gasteiger partial charge on any atom is -0.496 e. The van der Waals surface area contributed by atoms with Gasteiger partial charge in [-0.1, -0.05) is 18.2 Å². The average Bonchev–Trinajstić information content (AvgIpc) is 3.19. The van der Waals surface area contributed by atoms with Crippen LogP contribution in [-0.4, -0.2) is 63.9 Å². The largest absolute Gasteiger partial charge is 0.496 e. The minimum absolute atomic E-state index is 0.241. The maximum Gasteiger partial charge on any atom is 0.191 e. The number of nitrogens with one attached hydrogen (secondary N) is 2. The first-order valence-electron chi connectivity index (χ1n) is 9.37. The van der Waals surface area contributed by atoms with Crippen LogP contribution < -0.4 is 15.4 Å². The summed E-state index contributed by atoms with van der Waals surface area (Å²) >= 11 is 0. The summed E-state index contributed by atoms with van der Waals surface area (Å²) in [6, 6.07) is 8.54. The molecule has 1 unspecified atom stereocenters. The Hall–Kier alpha value is -1.79. The number of rotatable bonds is 8. The van der Waals surface area contributed by atoms with Gasteiger partial charge in [0.05, 0.1) is 18.8 Å². The van der Waals surface area contributed by atoms with Crippen LogP contribution in [0.15, 0.2) is 29.3 Å². The summed E-state index contributed by atoms with van der Waals surface area (Å²) in [6.07, 6.45) is 2.50. The van der Waals surface area contributed by atoms with Gasteiger partial charge in [0.1, 0.15) is 5.75 Å². The van der Waals surface area contributed by atoms with Gasteiger partial charge < -0.3 is 20.1 Å². The van der Waals surface area contributed by atoms with Crippen molar-refractivity contribution >= 4 is 5.96 Å². The van der Waals surface area contributed by atoms with Crippen LogP contribution in [0.3, 0.4) is 0 Å². The molecule has 0 bridgehead atoms. The van der Waals surface area contributed by atoms with Crippen LogP contribution >= 0.6 is 0 Å². The zero-order valence-corrected chi connectivity index (χ0v) is 16.8. The molecule has 2 N–H and O–H groups in total. The zero-order valence-electron chi connectivity index (χ0n) is 16.8. The molecule has 1 aromatic rings. The number of benzene rings is 1. The molecule has 0 saturated carbocycles. The van der Waals surface area contributed by atoms with Gasteiger partial charge in [-0.2, -0.15) is 0 Å². The van der Waals surface area contributed by atoms with Crippen LogP contribution in [0.5, 0.6) is 5.75 Å². The highest BCUT2D eigenvalue weighted by atomic mass is 16.5. The van der Waals surface area contributed by atoms with Crippen LogP contribution in [0.2, 0.25) is 0 Å². The van der Waals surface area contributed by atoms with Crippen molar-refractivity contribution in [2.75, 3.05) is 47.4 Å². The lowest BCUT2D eigenvalue weighted by atomic mass is 10.0. The highest BCUT2D eigenvalue weighted by Gasteiger charge is 2.26. The third kappa shape index (κ3) is 5.61. The van der Waals surface area contributed by atoms with Gasteiger partial charge in [0.15, 0.2) is 5.96 Å². The minimum atomic E-state index is -0.241. The van der Waals surface area contributed by atoms with E-state index in [2.05, 4.69) is 46.5 Å². The molecule has 0 amide bonds. The molecule has 0 radical (unpaired) electrons. The Morgan fingerprint density at radius 1 is 1.19 bits per heavy atom. The molecule has 0 aliphatic carbocycles. The van der Waals surface area contributed by atoms with Gasteiger partial charge in [-0.3, -0.25) is 9.89 Å². The number of aliphatic imine (C=N–C) groups is 1. The van der Waals surface area contributed by atoms with Gasteiger partial charge in [-0.05, 0) is 45.8 Å². The number of guanidine groups is 1.